The zero-order valence-electron chi connectivity index (χ0n) is 14.4. The second-order valence-corrected chi connectivity index (χ2v) is 5.88. The molecule has 0 aliphatic heterocycles. The number of amides is 1. The highest BCUT2D eigenvalue weighted by atomic mass is 16.3. The summed E-state index contributed by atoms with van der Waals surface area (Å²) in [5, 5.41) is 23.5. The highest BCUT2D eigenvalue weighted by Gasteiger charge is 2.12. The maximum absolute atomic E-state index is 12.2. The zero-order chi connectivity index (χ0) is 18.1. The number of rotatable bonds is 8. The SMILES string of the molecule is CCCCCCC(=NNC(=O)c1cc(O)ccc1O)c1ccccc1. The van der Waals surface area contributed by atoms with Gasteiger partial charge < -0.3 is 10.2 Å². The third-order valence-corrected chi connectivity index (χ3v) is 3.89. The Bertz CT molecular complexity index is 727. The van der Waals surface area contributed by atoms with Gasteiger partial charge in [0.25, 0.3) is 5.91 Å². The monoisotopic (exact) mass is 340 g/mol. The molecule has 0 aliphatic rings. The molecule has 0 fully saturated rings. The van der Waals surface area contributed by atoms with Crippen molar-refractivity contribution in [3.8, 4) is 11.5 Å². The summed E-state index contributed by atoms with van der Waals surface area (Å²) >= 11 is 0. The lowest BCUT2D eigenvalue weighted by Gasteiger charge is -2.08. The molecule has 2 rings (SSSR count). The lowest BCUT2D eigenvalue weighted by atomic mass is 10.0. The Hall–Kier alpha value is -2.82. The van der Waals surface area contributed by atoms with E-state index in [0.29, 0.717) is 0 Å². The summed E-state index contributed by atoms with van der Waals surface area (Å²) in [5.74, 6) is -0.847. The molecule has 0 radical (unpaired) electrons. The van der Waals surface area contributed by atoms with Crippen molar-refractivity contribution < 1.29 is 15.0 Å². The normalized spacial score (nSPS) is 11.3. The summed E-state index contributed by atoms with van der Waals surface area (Å²) in [5.41, 5.74) is 4.23. The van der Waals surface area contributed by atoms with E-state index in [1.54, 1.807) is 0 Å². The van der Waals surface area contributed by atoms with Crippen molar-refractivity contribution in [2.75, 3.05) is 0 Å². The summed E-state index contributed by atoms with van der Waals surface area (Å²) in [6, 6.07) is 13.5. The van der Waals surface area contributed by atoms with Gasteiger partial charge in [0.2, 0.25) is 0 Å². The number of nitrogens with one attached hydrogen (secondary N) is 1. The van der Waals surface area contributed by atoms with Crippen LogP contribution in [-0.4, -0.2) is 21.8 Å². The number of benzene rings is 2. The van der Waals surface area contributed by atoms with Gasteiger partial charge in [0.15, 0.2) is 0 Å². The predicted octanol–water partition coefficient (Wildman–Crippen LogP) is 4.20. The number of phenolic OH excluding ortho intramolecular Hbond substituents is 2. The molecule has 0 saturated heterocycles. The van der Waals surface area contributed by atoms with E-state index in [1.807, 2.05) is 30.3 Å². The summed E-state index contributed by atoms with van der Waals surface area (Å²) in [6.07, 6.45) is 5.20. The van der Waals surface area contributed by atoms with E-state index in [2.05, 4.69) is 17.5 Å². The second-order valence-electron chi connectivity index (χ2n) is 5.88. The number of hydrogen-bond donors (Lipinski definition) is 3. The molecule has 0 aliphatic carbocycles. The molecule has 5 nitrogen and oxygen atoms in total. The quantitative estimate of drug-likeness (QED) is 0.291. The number of unbranched alkanes of at least 4 members (excludes halogenated alkanes) is 3. The van der Waals surface area contributed by atoms with Gasteiger partial charge in [-0.2, -0.15) is 5.10 Å². The van der Waals surface area contributed by atoms with Crippen LogP contribution >= 0.6 is 0 Å². The maximum atomic E-state index is 12.2. The number of hydrazone groups is 1. The van der Waals surface area contributed by atoms with Gasteiger partial charge in [-0.3, -0.25) is 4.79 Å². The van der Waals surface area contributed by atoms with Gasteiger partial charge in [-0.15, -0.1) is 0 Å². The highest BCUT2D eigenvalue weighted by molar-refractivity contribution is 6.02. The van der Waals surface area contributed by atoms with Crippen molar-refractivity contribution >= 4 is 11.6 Å². The minimum atomic E-state index is -0.560. The van der Waals surface area contributed by atoms with E-state index in [1.165, 1.54) is 24.6 Å². The molecule has 0 atom stereocenters. The van der Waals surface area contributed by atoms with Gasteiger partial charge in [0.05, 0.1) is 11.3 Å². The number of nitrogens with zero attached hydrogens (tertiary/aromatic N) is 1. The number of carbonyl (C=O) groups is 1. The molecular weight excluding hydrogens is 316 g/mol. The largest absolute Gasteiger partial charge is 0.508 e. The van der Waals surface area contributed by atoms with Crippen LogP contribution in [0.15, 0.2) is 53.6 Å². The summed E-state index contributed by atoms with van der Waals surface area (Å²) in [7, 11) is 0. The summed E-state index contributed by atoms with van der Waals surface area (Å²) in [6.45, 7) is 2.16. The minimum absolute atomic E-state index is 0.0119. The third-order valence-electron chi connectivity index (χ3n) is 3.89. The molecule has 0 saturated carbocycles. The number of hydrogen-bond acceptors (Lipinski definition) is 4. The lowest BCUT2D eigenvalue weighted by Crippen LogP contribution is -2.20. The first-order valence-electron chi connectivity index (χ1n) is 8.56. The Morgan fingerprint density at radius 2 is 1.80 bits per heavy atom. The first-order chi connectivity index (χ1) is 12.1. The van der Waals surface area contributed by atoms with Crippen LogP contribution in [0.2, 0.25) is 0 Å². The van der Waals surface area contributed by atoms with Gasteiger partial charge in [0.1, 0.15) is 11.5 Å². The first-order valence-corrected chi connectivity index (χ1v) is 8.56. The molecule has 0 aromatic heterocycles. The highest BCUT2D eigenvalue weighted by Crippen LogP contribution is 2.21. The molecule has 0 bridgehead atoms. The van der Waals surface area contributed by atoms with Crippen molar-refractivity contribution in [2.45, 2.75) is 39.0 Å². The van der Waals surface area contributed by atoms with Crippen molar-refractivity contribution in [1.82, 2.24) is 5.43 Å². The molecule has 0 heterocycles. The van der Waals surface area contributed by atoms with Gasteiger partial charge in [0, 0.05) is 0 Å². The van der Waals surface area contributed by atoms with Crippen LogP contribution in [0, 0.1) is 0 Å². The molecule has 2 aromatic rings. The fourth-order valence-corrected chi connectivity index (χ4v) is 2.50. The Labute approximate surface area is 148 Å². The molecule has 25 heavy (non-hydrogen) atoms. The van der Waals surface area contributed by atoms with Crippen molar-refractivity contribution in [3.05, 3.63) is 59.7 Å². The molecule has 0 unspecified atom stereocenters. The first kappa shape index (κ1) is 18.5. The standard InChI is InChI=1S/C20H24N2O3/c1-2-3-4-8-11-18(15-9-6-5-7-10-15)21-22-20(25)17-14-16(23)12-13-19(17)24/h5-7,9-10,12-14,23-24H,2-4,8,11H2,1H3,(H,22,25). The topological polar surface area (TPSA) is 81.9 Å². The Kier molecular flexibility index (Phi) is 7.01. The van der Waals surface area contributed by atoms with Crippen LogP contribution in [0.1, 0.15) is 54.9 Å². The second kappa shape index (κ2) is 9.47. The van der Waals surface area contributed by atoms with Crippen LogP contribution in [0.5, 0.6) is 11.5 Å². The summed E-state index contributed by atoms with van der Waals surface area (Å²) in [4.78, 5) is 12.2. The van der Waals surface area contributed by atoms with Gasteiger partial charge in [-0.25, -0.2) is 5.43 Å². The van der Waals surface area contributed by atoms with Crippen LogP contribution < -0.4 is 5.43 Å². The van der Waals surface area contributed by atoms with Crippen molar-refractivity contribution in [3.63, 3.8) is 0 Å². The number of carbonyl (C=O) groups excluding carboxylic acids is 1. The van der Waals surface area contributed by atoms with E-state index < -0.39 is 5.91 Å². The van der Waals surface area contributed by atoms with E-state index >= 15 is 0 Å². The minimum Gasteiger partial charge on any atom is -0.508 e. The molecule has 2 aromatic carbocycles. The average Bonchev–Trinajstić information content (AvgIpc) is 2.63. The van der Waals surface area contributed by atoms with Crippen LogP contribution in [0.25, 0.3) is 0 Å². The number of aromatic hydroxyl groups is 2. The van der Waals surface area contributed by atoms with Crippen LogP contribution in [-0.2, 0) is 0 Å². The van der Waals surface area contributed by atoms with E-state index in [-0.39, 0.29) is 17.1 Å². The molecular formula is C20H24N2O3. The van der Waals surface area contributed by atoms with Gasteiger partial charge >= 0.3 is 0 Å². The Morgan fingerprint density at radius 1 is 1.04 bits per heavy atom. The van der Waals surface area contributed by atoms with E-state index in [4.69, 9.17) is 0 Å². The molecule has 3 N–H and O–H groups in total. The smallest absolute Gasteiger partial charge is 0.275 e. The van der Waals surface area contributed by atoms with Crippen molar-refractivity contribution in [1.29, 1.82) is 0 Å². The van der Waals surface area contributed by atoms with Gasteiger partial charge in [-0.1, -0.05) is 56.5 Å². The Balaban J connectivity index is 2.13. The van der Waals surface area contributed by atoms with Crippen molar-refractivity contribution in [2.24, 2.45) is 5.10 Å². The molecule has 132 valence electrons. The predicted molar refractivity (Wildman–Crippen MR) is 99.0 cm³/mol. The average molecular weight is 340 g/mol. The third kappa shape index (κ3) is 5.64. The van der Waals surface area contributed by atoms with Crippen LogP contribution in [0.3, 0.4) is 0 Å². The zero-order valence-corrected chi connectivity index (χ0v) is 14.4. The van der Waals surface area contributed by atoms with E-state index in [9.17, 15) is 15.0 Å². The fraction of sp³-hybridized carbons (Fsp3) is 0.300. The maximum Gasteiger partial charge on any atom is 0.275 e. The lowest BCUT2D eigenvalue weighted by molar-refractivity contribution is 0.0951. The van der Waals surface area contributed by atoms with E-state index in [0.717, 1.165) is 37.0 Å². The fourth-order valence-electron chi connectivity index (χ4n) is 2.50. The molecule has 1 amide bonds. The molecule has 0 spiro atoms. The summed E-state index contributed by atoms with van der Waals surface area (Å²) < 4.78 is 0. The Morgan fingerprint density at radius 3 is 2.52 bits per heavy atom. The van der Waals surface area contributed by atoms with Gasteiger partial charge in [-0.05, 0) is 36.6 Å². The van der Waals surface area contributed by atoms with Crippen LogP contribution in [0.4, 0.5) is 0 Å². The number of phenols is 2. The molecule has 5 heteroatoms.